The summed E-state index contributed by atoms with van der Waals surface area (Å²) in [4.78, 5) is 22.8. The molecule has 0 unspecified atom stereocenters. The second kappa shape index (κ2) is 40.7. The van der Waals surface area contributed by atoms with Gasteiger partial charge >= 0.3 is 0 Å². The van der Waals surface area contributed by atoms with E-state index in [1.54, 1.807) is 7.11 Å². The molecule has 0 aliphatic rings. The van der Waals surface area contributed by atoms with E-state index in [-0.39, 0.29) is 0 Å². The van der Waals surface area contributed by atoms with Gasteiger partial charge in [0, 0.05) is 31.1 Å². The zero-order valence-electron chi connectivity index (χ0n) is 52.3. The number of ether oxygens (including phenoxy) is 3. The molecule has 0 amide bonds. The van der Waals surface area contributed by atoms with Crippen LogP contribution in [0.5, 0.6) is 17.2 Å². The Morgan fingerprint density at radius 1 is 0.267 bits per heavy atom. The van der Waals surface area contributed by atoms with E-state index in [4.69, 9.17) is 14.2 Å². The molecule has 0 bridgehead atoms. The van der Waals surface area contributed by atoms with Crippen molar-refractivity contribution in [1.82, 2.24) is 0 Å². The van der Waals surface area contributed by atoms with Crippen LogP contribution in [0.15, 0.2) is 219 Å². The third-order valence-corrected chi connectivity index (χ3v) is 14.4. The molecule has 448 valence electrons. The average Bonchev–Trinajstić information content (AvgIpc) is 3.59. The Morgan fingerprint density at radius 2 is 0.523 bits per heavy atom. The maximum absolute atomic E-state index is 5.84. The molecule has 0 aliphatic heterocycles. The van der Waals surface area contributed by atoms with Gasteiger partial charge in [-0.25, -0.2) is 0 Å². The second-order valence-corrected chi connectivity index (χ2v) is 21.5. The minimum absolute atomic E-state index is 0.783. The maximum Gasteiger partial charge on any atom is 0.119 e. The average molecular weight is 1150 g/mol. The van der Waals surface area contributed by atoms with Gasteiger partial charge in [-0.3, -0.25) is 25.0 Å². The standard InChI is InChI=1S/C34H44N2O2.C28H32N2.C16H17NO/c1-3-5-7-9-11-25-37-33-21-13-29(14-22-33)27-35-31-17-19-32(20-18-31)36-28-30-15-23-34(24-16-30)38-26-12-10-8-6-4-2;1-3-5-7-23-13-17-27(18-14-23)29-21-25-9-11-26(12-10-25)22-30-28-19-15-24(16-20-28)8-6-4-2;1-3-13-4-8-15(9-5-13)17-12-14-6-10-16(18-2)11-7-14/h13-24,27-28H,3-12,25-26H2,1-2H3;9-22H,3-8H2,1-2H3;4-12H,3H2,1-2H3. The number of aryl methyl sites for hydroxylation is 3. The molecule has 0 aromatic heterocycles. The van der Waals surface area contributed by atoms with Crippen molar-refractivity contribution in [2.45, 2.75) is 144 Å². The topological polar surface area (TPSA) is 89.5 Å². The highest BCUT2D eigenvalue weighted by molar-refractivity contribution is 5.87. The van der Waals surface area contributed by atoms with Crippen LogP contribution in [-0.2, 0) is 19.3 Å². The van der Waals surface area contributed by atoms with E-state index in [0.29, 0.717) is 0 Å². The Morgan fingerprint density at radius 3 is 0.802 bits per heavy atom. The first kappa shape index (κ1) is 66.6. The van der Waals surface area contributed by atoms with E-state index < -0.39 is 0 Å². The van der Waals surface area contributed by atoms with E-state index in [1.807, 2.05) is 140 Å². The van der Waals surface area contributed by atoms with Crippen LogP contribution in [0.4, 0.5) is 28.4 Å². The number of unbranched alkanes of at least 4 members (excludes halogenated alkanes) is 10. The smallest absolute Gasteiger partial charge is 0.119 e. The van der Waals surface area contributed by atoms with Gasteiger partial charge in [-0.1, -0.05) is 159 Å². The van der Waals surface area contributed by atoms with E-state index in [0.717, 1.165) is 119 Å². The van der Waals surface area contributed by atoms with Gasteiger partial charge in [0.1, 0.15) is 17.2 Å². The number of benzene rings is 8. The minimum atomic E-state index is 0.783. The third kappa shape index (κ3) is 27.0. The summed E-state index contributed by atoms with van der Waals surface area (Å²) in [5.41, 5.74) is 14.2. The van der Waals surface area contributed by atoms with Gasteiger partial charge in [0.2, 0.25) is 0 Å². The lowest BCUT2D eigenvalue weighted by Gasteiger charge is -2.06. The minimum Gasteiger partial charge on any atom is -0.497 e. The molecule has 86 heavy (non-hydrogen) atoms. The fraction of sp³-hybridized carbons (Fsp3) is 0.321. The first-order chi connectivity index (χ1) is 42.3. The van der Waals surface area contributed by atoms with Crippen LogP contribution in [0.25, 0.3) is 0 Å². The lowest BCUT2D eigenvalue weighted by atomic mass is 10.1. The van der Waals surface area contributed by atoms with Gasteiger partial charge in [0.15, 0.2) is 0 Å². The molecule has 8 rings (SSSR count). The van der Waals surface area contributed by atoms with Crippen LogP contribution in [0, 0.1) is 0 Å². The Kier molecular flexibility index (Phi) is 31.6. The summed E-state index contributed by atoms with van der Waals surface area (Å²) in [6.45, 7) is 12.6. The molecule has 8 aromatic rings. The molecule has 8 aromatic carbocycles. The SMILES string of the molecule is CCCCCCCOc1ccc(C=Nc2ccc(N=Cc3ccc(OCCCCCCC)cc3)cc2)cc1.CCCCc1ccc(N=Cc2ccc(C=Nc3ccc(CCCC)cc3)cc2)cc1.CCc1ccc(N=Cc2ccc(OC)cc2)cc1. The van der Waals surface area contributed by atoms with Crippen molar-refractivity contribution >= 4 is 59.5 Å². The normalized spacial score (nSPS) is 11.3. The van der Waals surface area contributed by atoms with Crippen molar-refractivity contribution < 1.29 is 14.2 Å². The summed E-state index contributed by atoms with van der Waals surface area (Å²) in [5.74, 6) is 2.69. The molecule has 8 nitrogen and oxygen atoms in total. The predicted molar refractivity (Wildman–Crippen MR) is 369 cm³/mol. The summed E-state index contributed by atoms with van der Waals surface area (Å²) in [6, 6.07) is 65.7. The molecule has 0 saturated heterocycles. The number of hydrogen-bond acceptors (Lipinski definition) is 8. The van der Waals surface area contributed by atoms with Gasteiger partial charge in [-0.2, -0.15) is 0 Å². The second-order valence-electron chi connectivity index (χ2n) is 21.5. The van der Waals surface area contributed by atoms with Crippen LogP contribution in [0.2, 0.25) is 0 Å². The van der Waals surface area contributed by atoms with Crippen molar-refractivity contribution in [2.75, 3.05) is 20.3 Å². The van der Waals surface area contributed by atoms with Crippen molar-refractivity contribution in [1.29, 1.82) is 0 Å². The maximum atomic E-state index is 5.84. The Hall–Kier alpha value is -8.49. The third-order valence-electron chi connectivity index (χ3n) is 14.4. The van der Waals surface area contributed by atoms with Crippen LogP contribution in [0.3, 0.4) is 0 Å². The van der Waals surface area contributed by atoms with E-state index >= 15 is 0 Å². The van der Waals surface area contributed by atoms with Crippen molar-refractivity contribution in [2.24, 2.45) is 25.0 Å². The summed E-state index contributed by atoms with van der Waals surface area (Å²) in [5, 5.41) is 0. The predicted octanol–water partition coefficient (Wildman–Crippen LogP) is 21.8. The van der Waals surface area contributed by atoms with Gasteiger partial charge in [0.25, 0.3) is 0 Å². The molecule has 0 aliphatic carbocycles. The fourth-order valence-electron chi connectivity index (χ4n) is 8.90. The fourth-order valence-corrected chi connectivity index (χ4v) is 8.90. The van der Waals surface area contributed by atoms with E-state index in [1.165, 1.54) is 93.7 Å². The molecular formula is C78H93N5O3. The first-order valence-electron chi connectivity index (χ1n) is 31.6. The molecule has 0 fully saturated rings. The number of nitrogens with zero attached hydrogens (tertiary/aromatic N) is 5. The molecule has 0 heterocycles. The number of aliphatic imine (C=N–C) groups is 5. The van der Waals surface area contributed by atoms with Crippen molar-refractivity contribution in [3.8, 4) is 17.2 Å². The summed E-state index contributed by atoms with van der Waals surface area (Å²) in [7, 11) is 1.67. The van der Waals surface area contributed by atoms with Crippen LogP contribution >= 0.6 is 0 Å². The Balaban J connectivity index is 0.000000219. The quantitative estimate of drug-likeness (QED) is 0.0311. The van der Waals surface area contributed by atoms with Crippen molar-refractivity contribution in [3.05, 3.63) is 239 Å². The molecule has 0 N–H and O–H groups in total. The molecule has 0 saturated carbocycles. The number of methoxy groups -OCH3 is 1. The lowest BCUT2D eigenvalue weighted by Crippen LogP contribution is -1.97. The molecule has 0 radical (unpaired) electrons. The molecular weight excluding hydrogens is 1050 g/mol. The van der Waals surface area contributed by atoms with E-state index in [9.17, 15) is 0 Å². The molecule has 0 atom stereocenters. The largest absolute Gasteiger partial charge is 0.497 e. The highest BCUT2D eigenvalue weighted by Crippen LogP contribution is 2.22. The van der Waals surface area contributed by atoms with Gasteiger partial charge in [-0.15, -0.1) is 0 Å². The first-order valence-corrected chi connectivity index (χ1v) is 31.6. The Labute approximate surface area is 516 Å². The lowest BCUT2D eigenvalue weighted by molar-refractivity contribution is 0.304. The van der Waals surface area contributed by atoms with Crippen LogP contribution < -0.4 is 14.2 Å². The van der Waals surface area contributed by atoms with Gasteiger partial charge in [0.05, 0.1) is 48.8 Å². The monoisotopic (exact) mass is 1150 g/mol. The molecule has 0 spiro atoms. The zero-order valence-corrected chi connectivity index (χ0v) is 52.3. The number of hydrogen-bond donors (Lipinski definition) is 0. The zero-order chi connectivity index (χ0) is 60.5. The Bertz CT molecular complexity index is 2980. The van der Waals surface area contributed by atoms with E-state index in [2.05, 4.69) is 145 Å². The summed E-state index contributed by atoms with van der Waals surface area (Å²) >= 11 is 0. The highest BCUT2D eigenvalue weighted by Gasteiger charge is 2.01. The van der Waals surface area contributed by atoms with Crippen LogP contribution in [-0.4, -0.2) is 51.4 Å². The van der Waals surface area contributed by atoms with Gasteiger partial charge in [-0.05, 0) is 223 Å². The van der Waals surface area contributed by atoms with Gasteiger partial charge < -0.3 is 14.2 Å². The highest BCUT2D eigenvalue weighted by atomic mass is 16.5. The molecule has 8 heteroatoms. The van der Waals surface area contributed by atoms with Crippen LogP contribution in [0.1, 0.15) is 169 Å². The summed E-state index contributed by atoms with van der Waals surface area (Å²) < 4.78 is 16.8. The van der Waals surface area contributed by atoms with Crippen molar-refractivity contribution in [3.63, 3.8) is 0 Å². The summed E-state index contributed by atoms with van der Waals surface area (Å²) in [6.07, 6.45) is 30.2. The number of rotatable bonds is 32.